The number of likely N-dealkylation sites (N-methyl/N-ethyl adjacent to an activating group) is 2. The molecule has 0 bridgehead atoms. The number of likely N-dealkylation sites (tertiary alicyclic amines) is 1. The van der Waals surface area contributed by atoms with Crippen LogP contribution in [0.1, 0.15) is 72.8 Å². The van der Waals surface area contributed by atoms with Crippen LogP contribution < -0.4 is 16.4 Å². The topological polar surface area (TPSA) is 173 Å². The Bertz CT molecular complexity index is 1340. The van der Waals surface area contributed by atoms with Crippen molar-refractivity contribution < 1.29 is 38.2 Å². The number of benzene rings is 1. The highest BCUT2D eigenvalue weighted by Crippen LogP contribution is 2.29. The van der Waals surface area contributed by atoms with E-state index in [0.717, 1.165) is 18.4 Å². The Morgan fingerprint density at radius 3 is 2.15 bits per heavy atom. The summed E-state index contributed by atoms with van der Waals surface area (Å²) in [7, 11) is 8.41. The number of rotatable bonds is 22. The van der Waals surface area contributed by atoms with Gasteiger partial charge in [0.2, 0.25) is 23.6 Å². The normalized spacial score (nSPS) is 18.9. The molecule has 1 saturated heterocycles. The number of amides is 4. The lowest BCUT2D eigenvalue weighted by atomic mass is 9.90. The van der Waals surface area contributed by atoms with Gasteiger partial charge in [0, 0.05) is 40.8 Å². The zero-order chi connectivity index (χ0) is 40.7. The number of esters is 1. The first kappa shape index (κ1) is 46.6. The highest BCUT2D eigenvalue weighted by Gasteiger charge is 2.42. The Morgan fingerprint density at radius 1 is 0.963 bits per heavy atom. The lowest BCUT2D eigenvalue weighted by Crippen LogP contribution is -2.55. The Hall–Kier alpha value is -3.59. The first-order valence-corrected chi connectivity index (χ1v) is 19.3. The number of nitrogens with zero attached hydrogens (tertiary/aromatic N) is 3. The van der Waals surface area contributed by atoms with Crippen molar-refractivity contribution in [2.75, 3.05) is 55.0 Å². The molecule has 1 heterocycles. The Morgan fingerprint density at radius 2 is 1.61 bits per heavy atom. The number of nitrogens with one attached hydrogen (secondary N) is 2. The van der Waals surface area contributed by atoms with Crippen molar-refractivity contribution in [3.05, 3.63) is 35.9 Å². The van der Waals surface area contributed by atoms with Gasteiger partial charge in [-0.25, -0.2) is 4.79 Å². The van der Waals surface area contributed by atoms with E-state index in [1.165, 1.54) is 14.2 Å². The van der Waals surface area contributed by atoms with Gasteiger partial charge in [-0.15, -0.1) is 0 Å². The number of carbonyl (C=O) groups is 5. The van der Waals surface area contributed by atoms with Gasteiger partial charge in [-0.3, -0.25) is 24.1 Å². The minimum Gasteiger partial charge on any atom is -0.460 e. The molecule has 1 aliphatic heterocycles. The summed E-state index contributed by atoms with van der Waals surface area (Å²) in [5.74, 6) is -2.35. The van der Waals surface area contributed by atoms with Crippen LogP contribution in [0.4, 0.5) is 0 Å². The average Bonchev–Trinajstić information content (AvgIpc) is 3.62. The molecule has 4 N–H and O–H groups in total. The molecule has 0 aromatic heterocycles. The maximum Gasteiger partial charge on any atom is 0.329 e. The molecule has 1 unspecified atom stereocenters. The minimum atomic E-state index is -0.951. The maximum absolute atomic E-state index is 14.1. The Labute approximate surface area is 323 Å². The van der Waals surface area contributed by atoms with Gasteiger partial charge in [-0.2, -0.15) is 0 Å². The summed E-state index contributed by atoms with van der Waals surface area (Å²) < 4.78 is 17.4. The number of nitrogens with two attached hydrogens (primary N) is 1. The summed E-state index contributed by atoms with van der Waals surface area (Å²) in [6.45, 7) is 11.8. The predicted molar refractivity (Wildman–Crippen MR) is 208 cm³/mol. The molecule has 54 heavy (non-hydrogen) atoms. The number of carbonyl (C=O) groups excluding carboxylic acids is 5. The summed E-state index contributed by atoms with van der Waals surface area (Å²) >= 11 is 0. The van der Waals surface area contributed by atoms with Gasteiger partial charge in [0.05, 0.1) is 49.2 Å². The molecule has 14 heteroatoms. The van der Waals surface area contributed by atoms with E-state index in [1.807, 2.05) is 77.0 Å². The lowest BCUT2D eigenvalue weighted by Gasteiger charge is -2.39. The molecule has 2 rings (SSSR count). The highest BCUT2D eigenvalue weighted by molar-refractivity contribution is 5.88. The molecule has 0 spiro atoms. The van der Waals surface area contributed by atoms with Crippen molar-refractivity contribution in [3.63, 3.8) is 0 Å². The van der Waals surface area contributed by atoms with E-state index in [1.54, 1.807) is 30.7 Å². The van der Waals surface area contributed by atoms with E-state index >= 15 is 0 Å². The molecular weight excluding hydrogens is 692 g/mol. The molecule has 0 radical (unpaired) electrons. The van der Waals surface area contributed by atoms with Crippen molar-refractivity contribution in [2.24, 2.45) is 23.5 Å². The molecular formula is C40H68N6O8. The van der Waals surface area contributed by atoms with E-state index < -0.39 is 54.2 Å². The zero-order valence-corrected chi connectivity index (χ0v) is 34.5. The quantitative estimate of drug-likeness (QED) is 0.149. The second-order valence-corrected chi connectivity index (χ2v) is 15.2. The predicted octanol–water partition coefficient (Wildman–Crippen LogP) is 2.23. The summed E-state index contributed by atoms with van der Waals surface area (Å²) in [5, 5.41) is 5.69. The van der Waals surface area contributed by atoms with Crippen LogP contribution >= 0.6 is 0 Å². The summed E-state index contributed by atoms with van der Waals surface area (Å²) in [6.07, 6.45) is 0.496. The summed E-state index contributed by atoms with van der Waals surface area (Å²) in [6, 6.07) is 7.17. The fraction of sp³-hybridized carbons (Fsp3) is 0.725. The zero-order valence-electron chi connectivity index (χ0n) is 34.5. The van der Waals surface area contributed by atoms with Gasteiger partial charge in [-0.1, -0.05) is 71.4 Å². The van der Waals surface area contributed by atoms with Crippen LogP contribution in [0, 0.1) is 17.8 Å². The smallest absolute Gasteiger partial charge is 0.329 e. The van der Waals surface area contributed by atoms with Gasteiger partial charge in [0.25, 0.3) is 0 Å². The average molecular weight is 761 g/mol. The third-order valence-corrected chi connectivity index (χ3v) is 10.7. The molecule has 306 valence electrons. The van der Waals surface area contributed by atoms with Crippen LogP contribution in [0.2, 0.25) is 0 Å². The number of hydrogen-bond donors (Lipinski definition) is 3. The first-order valence-electron chi connectivity index (χ1n) is 19.3. The van der Waals surface area contributed by atoms with Gasteiger partial charge >= 0.3 is 5.97 Å². The van der Waals surface area contributed by atoms with Crippen LogP contribution in [0.3, 0.4) is 0 Å². The third kappa shape index (κ3) is 13.0. The maximum atomic E-state index is 14.1. The monoisotopic (exact) mass is 761 g/mol. The van der Waals surface area contributed by atoms with Gasteiger partial charge in [-0.05, 0) is 51.3 Å². The molecule has 1 aromatic rings. The SMILES string of the molecule is CC[C@H](C)[C@@H]([C@@H](CC(=O)N1CCC[C@H]1[C@H](OC)[C@@H](C)C(=O)N[C@@H](Cc1ccccc1)C(=O)OC(C)CN)OC)N(C)C(=O)CNC(=O)[C@H](C(C)C)N(C)C. The second kappa shape index (κ2) is 22.7. The molecule has 4 amide bonds. The highest BCUT2D eigenvalue weighted by atomic mass is 16.5. The molecule has 0 aliphatic carbocycles. The molecule has 0 saturated carbocycles. The van der Waals surface area contributed by atoms with Crippen molar-refractivity contribution in [3.8, 4) is 0 Å². The number of methoxy groups -OCH3 is 2. The van der Waals surface area contributed by atoms with E-state index in [2.05, 4.69) is 10.6 Å². The molecule has 9 atom stereocenters. The van der Waals surface area contributed by atoms with Crippen LogP contribution in [0.25, 0.3) is 0 Å². The number of ether oxygens (including phenoxy) is 3. The summed E-state index contributed by atoms with van der Waals surface area (Å²) in [4.78, 5) is 72.7. The molecule has 1 fully saturated rings. The second-order valence-electron chi connectivity index (χ2n) is 15.2. The fourth-order valence-electron chi connectivity index (χ4n) is 7.53. The molecule has 1 aliphatic rings. The van der Waals surface area contributed by atoms with Crippen LogP contribution in [-0.2, 0) is 44.6 Å². The van der Waals surface area contributed by atoms with Crippen LogP contribution in [0.15, 0.2) is 30.3 Å². The van der Waals surface area contributed by atoms with Crippen molar-refractivity contribution >= 4 is 29.6 Å². The van der Waals surface area contributed by atoms with E-state index in [0.29, 0.717) is 13.0 Å². The van der Waals surface area contributed by atoms with Crippen molar-refractivity contribution in [1.29, 1.82) is 0 Å². The van der Waals surface area contributed by atoms with E-state index in [9.17, 15) is 24.0 Å². The van der Waals surface area contributed by atoms with E-state index in [4.69, 9.17) is 19.9 Å². The Balaban J connectivity index is 2.22. The lowest BCUT2D eigenvalue weighted by molar-refractivity contribution is -0.153. The van der Waals surface area contributed by atoms with Gasteiger partial charge in [0.1, 0.15) is 12.1 Å². The largest absolute Gasteiger partial charge is 0.460 e. The van der Waals surface area contributed by atoms with Crippen molar-refractivity contribution in [2.45, 2.75) is 116 Å². The third-order valence-electron chi connectivity index (χ3n) is 10.7. The molecule has 1 aromatic carbocycles. The van der Waals surface area contributed by atoms with Gasteiger partial charge in [0.15, 0.2) is 0 Å². The summed E-state index contributed by atoms with van der Waals surface area (Å²) in [5.41, 5.74) is 6.54. The van der Waals surface area contributed by atoms with Crippen LogP contribution in [0.5, 0.6) is 0 Å². The fourth-order valence-corrected chi connectivity index (χ4v) is 7.53. The Kier molecular flexibility index (Phi) is 19.6. The van der Waals surface area contributed by atoms with Gasteiger partial charge < -0.3 is 40.4 Å². The minimum absolute atomic E-state index is 0.00334. The molecule has 14 nitrogen and oxygen atoms in total. The number of hydrogen-bond acceptors (Lipinski definition) is 10. The first-order chi connectivity index (χ1) is 25.5. The van der Waals surface area contributed by atoms with Crippen molar-refractivity contribution in [1.82, 2.24) is 25.3 Å². The standard InChI is InChI=1S/C40H68N6O8/c1-12-26(4)36(45(9)34(48)24-42-39(50)35(25(2)3)44(7)8)32(52-10)22-33(47)46-20-16-19-31(46)37(53-11)28(6)38(49)43-30(40(51)54-27(5)23-41)21-29-17-14-13-15-18-29/h13-15,17-18,25-28,30-32,35-37H,12,16,19-24,41H2,1-11H3,(H,42,50)(H,43,49)/t26-,27?,28+,30-,31-,32+,35-,36-,37+/m0/s1. The van der Waals surface area contributed by atoms with Crippen LogP contribution in [-0.4, -0.2) is 142 Å². The van der Waals surface area contributed by atoms with E-state index in [-0.39, 0.29) is 61.5 Å².